The summed E-state index contributed by atoms with van der Waals surface area (Å²) in [5.74, 6) is 0.839. The number of hydrogen-bond donors (Lipinski definition) is 1. The molecule has 1 N–H and O–H groups in total. The van der Waals surface area contributed by atoms with E-state index in [-0.39, 0.29) is 11.0 Å². The van der Waals surface area contributed by atoms with Gasteiger partial charge in [0.15, 0.2) is 16.8 Å². The maximum absolute atomic E-state index is 13.1. The molecular formula is C22H20N4OS. The number of rotatable bonds is 7. The molecule has 2 aromatic carbocycles. The van der Waals surface area contributed by atoms with Crippen molar-refractivity contribution in [2.45, 2.75) is 23.9 Å². The summed E-state index contributed by atoms with van der Waals surface area (Å²) in [6.07, 6.45) is 3.60. The van der Waals surface area contributed by atoms with Crippen molar-refractivity contribution in [3.63, 3.8) is 0 Å². The lowest BCUT2D eigenvalue weighted by atomic mass is 10.1. The standard InChI is InChI=1S/C22H20N4OS/c1-3-13-26-21(16-9-5-4-6-10-16)24-25-22(26)28-15(2)20(27)18-14-23-19-12-8-7-11-17(18)19/h3-12,14-15,23H,1,13H2,2H3/t15-/m0/s1. The van der Waals surface area contributed by atoms with Gasteiger partial charge in [0.2, 0.25) is 0 Å². The lowest BCUT2D eigenvalue weighted by Gasteiger charge is -2.11. The Morgan fingerprint density at radius 3 is 2.71 bits per heavy atom. The maximum atomic E-state index is 13.1. The van der Waals surface area contributed by atoms with Crippen LogP contribution in [0.5, 0.6) is 0 Å². The zero-order chi connectivity index (χ0) is 19.5. The average molecular weight is 388 g/mol. The van der Waals surface area contributed by atoms with Gasteiger partial charge in [0, 0.05) is 34.8 Å². The van der Waals surface area contributed by atoms with Gasteiger partial charge in [-0.15, -0.1) is 16.8 Å². The zero-order valence-corrected chi connectivity index (χ0v) is 16.3. The molecule has 2 aromatic heterocycles. The van der Waals surface area contributed by atoms with Gasteiger partial charge in [0.1, 0.15) is 0 Å². The lowest BCUT2D eigenvalue weighted by Crippen LogP contribution is -2.14. The van der Waals surface area contributed by atoms with Gasteiger partial charge in [-0.05, 0) is 13.0 Å². The maximum Gasteiger partial charge on any atom is 0.192 e. The number of fused-ring (bicyclic) bond motifs is 1. The van der Waals surface area contributed by atoms with E-state index in [0.29, 0.717) is 17.3 Å². The van der Waals surface area contributed by atoms with Crippen LogP contribution < -0.4 is 0 Å². The van der Waals surface area contributed by atoms with Crippen molar-refractivity contribution in [3.05, 3.63) is 79.0 Å². The van der Waals surface area contributed by atoms with Crippen LogP contribution in [0.15, 0.2) is 78.6 Å². The Labute approximate surface area is 167 Å². The summed E-state index contributed by atoms with van der Waals surface area (Å²) in [4.78, 5) is 16.2. The molecule has 0 saturated carbocycles. The van der Waals surface area contributed by atoms with Gasteiger partial charge in [-0.1, -0.05) is 66.4 Å². The van der Waals surface area contributed by atoms with Crippen LogP contribution in [0.2, 0.25) is 0 Å². The number of nitrogens with zero attached hydrogens (tertiary/aromatic N) is 3. The molecule has 4 rings (SSSR count). The molecule has 0 unspecified atom stereocenters. The number of allylic oxidation sites excluding steroid dienone is 1. The highest BCUT2D eigenvalue weighted by atomic mass is 32.2. The summed E-state index contributed by atoms with van der Waals surface area (Å²) in [6, 6.07) is 17.7. The van der Waals surface area contributed by atoms with Crippen molar-refractivity contribution in [1.82, 2.24) is 19.7 Å². The normalized spacial score (nSPS) is 12.2. The SMILES string of the molecule is C=CCn1c(S[C@@H](C)C(=O)c2c[nH]c3ccccc23)nnc1-c1ccccc1. The summed E-state index contributed by atoms with van der Waals surface area (Å²) in [5.41, 5.74) is 2.65. The van der Waals surface area contributed by atoms with Crippen LogP contribution in [0.25, 0.3) is 22.3 Å². The fourth-order valence-corrected chi connectivity index (χ4v) is 4.10. The molecule has 2 heterocycles. The number of nitrogens with one attached hydrogen (secondary N) is 1. The minimum Gasteiger partial charge on any atom is -0.360 e. The van der Waals surface area contributed by atoms with Gasteiger partial charge in [0.25, 0.3) is 0 Å². The van der Waals surface area contributed by atoms with Crippen LogP contribution in [0.3, 0.4) is 0 Å². The Kier molecular flexibility index (Phi) is 5.12. The summed E-state index contributed by atoms with van der Waals surface area (Å²) >= 11 is 1.42. The van der Waals surface area contributed by atoms with Crippen molar-refractivity contribution < 1.29 is 4.79 Å². The van der Waals surface area contributed by atoms with Crippen molar-refractivity contribution in [1.29, 1.82) is 0 Å². The van der Waals surface area contributed by atoms with Crippen molar-refractivity contribution in [2.24, 2.45) is 0 Å². The number of aromatic amines is 1. The molecule has 6 heteroatoms. The summed E-state index contributed by atoms with van der Waals surface area (Å²) in [6.45, 7) is 6.33. The smallest absolute Gasteiger partial charge is 0.192 e. The van der Waals surface area contributed by atoms with Crippen LogP contribution in [-0.2, 0) is 6.54 Å². The highest BCUT2D eigenvalue weighted by molar-refractivity contribution is 8.00. The quantitative estimate of drug-likeness (QED) is 0.276. The number of thioether (sulfide) groups is 1. The molecule has 1 atom stereocenters. The number of H-pyrrole nitrogens is 1. The van der Waals surface area contributed by atoms with Crippen molar-refractivity contribution >= 4 is 28.4 Å². The van der Waals surface area contributed by atoms with E-state index in [0.717, 1.165) is 22.3 Å². The van der Waals surface area contributed by atoms with Crippen molar-refractivity contribution in [2.75, 3.05) is 0 Å². The molecule has 0 bridgehead atoms. The van der Waals surface area contributed by atoms with Crippen LogP contribution in [-0.4, -0.2) is 30.8 Å². The first-order chi connectivity index (χ1) is 13.7. The number of aromatic nitrogens is 4. The molecule has 5 nitrogen and oxygen atoms in total. The largest absolute Gasteiger partial charge is 0.360 e. The topological polar surface area (TPSA) is 63.6 Å². The minimum atomic E-state index is -0.296. The molecule has 140 valence electrons. The predicted molar refractivity (Wildman–Crippen MR) is 114 cm³/mol. The zero-order valence-electron chi connectivity index (χ0n) is 15.5. The van der Waals surface area contributed by atoms with Gasteiger partial charge in [-0.2, -0.15) is 0 Å². The first-order valence-corrected chi connectivity index (χ1v) is 9.93. The lowest BCUT2D eigenvalue weighted by molar-refractivity contribution is 0.0995. The van der Waals surface area contributed by atoms with E-state index >= 15 is 0 Å². The molecular weight excluding hydrogens is 368 g/mol. The van der Waals surface area contributed by atoms with Crippen LogP contribution in [0, 0.1) is 0 Å². The molecule has 0 aliphatic carbocycles. The second kappa shape index (κ2) is 7.86. The van der Waals surface area contributed by atoms with Gasteiger partial charge in [0.05, 0.1) is 5.25 Å². The van der Waals surface area contributed by atoms with Crippen LogP contribution in [0.1, 0.15) is 17.3 Å². The number of Topliss-reactive ketones (excluding diaryl/α,β-unsaturated/α-hetero) is 1. The van der Waals surface area contributed by atoms with E-state index in [9.17, 15) is 4.79 Å². The summed E-state index contributed by atoms with van der Waals surface area (Å²) < 4.78 is 1.99. The number of para-hydroxylation sites is 1. The summed E-state index contributed by atoms with van der Waals surface area (Å²) in [5, 5.41) is 10.1. The molecule has 0 fully saturated rings. The third-order valence-corrected chi connectivity index (χ3v) is 5.65. The molecule has 0 aliphatic heterocycles. The predicted octanol–water partition coefficient (Wildman–Crippen LogP) is 4.98. The van der Waals surface area contributed by atoms with Crippen LogP contribution in [0.4, 0.5) is 0 Å². The molecule has 0 aliphatic rings. The molecule has 0 saturated heterocycles. The van der Waals surface area contributed by atoms with E-state index in [2.05, 4.69) is 21.8 Å². The number of hydrogen-bond acceptors (Lipinski definition) is 4. The van der Waals surface area contributed by atoms with Gasteiger partial charge in [-0.3, -0.25) is 9.36 Å². The first-order valence-electron chi connectivity index (χ1n) is 9.05. The van der Waals surface area contributed by atoms with Gasteiger partial charge in [-0.25, -0.2) is 0 Å². The number of carbonyl (C=O) groups is 1. The number of benzene rings is 2. The average Bonchev–Trinajstić information content (AvgIpc) is 3.33. The fraction of sp³-hybridized carbons (Fsp3) is 0.136. The third-order valence-electron chi connectivity index (χ3n) is 4.57. The van der Waals surface area contributed by atoms with Crippen LogP contribution >= 0.6 is 11.8 Å². The Morgan fingerprint density at radius 2 is 1.93 bits per heavy atom. The second-order valence-electron chi connectivity index (χ2n) is 6.44. The molecule has 0 spiro atoms. The Morgan fingerprint density at radius 1 is 1.18 bits per heavy atom. The number of carbonyl (C=O) groups excluding carboxylic acids is 1. The van der Waals surface area contributed by atoms with E-state index in [1.165, 1.54) is 11.8 Å². The molecule has 4 aromatic rings. The molecule has 28 heavy (non-hydrogen) atoms. The number of ketones is 1. The Bertz CT molecular complexity index is 1130. The third kappa shape index (κ3) is 3.39. The van der Waals surface area contributed by atoms with Crippen molar-refractivity contribution in [3.8, 4) is 11.4 Å². The highest BCUT2D eigenvalue weighted by Gasteiger charge is 2.23. The first kappa shape index (κ1) is 18.3. The van der Waals surface area contributed by atoms with Gasteiger partial charge < -0.3 is 4.98 Å². The minimum absolute atomic E-state index is 0.0665. The molecule has 0 radical (unpaired) electrons. The monoisotopic (exact) mass is 388 g/mol. The highest BCUT2D eigenvalue weighted by Crippen LogP contribution is 2.30. The van der Waals surface area contributed by atoms with E-state index in [1.54, 1.807) is 6.20 Å². The van der Waals surface area contributed by atoms with E-state index < -0.39 is 0 Å². The second-order valence-corrected chi connectivity index (χ2v) is 7.75. The fourth-order valence-electron chi connectivity index (χ4n) is 3.18. The molecule has 0 amide bonds. The Balaban J connectivity index is 1.62. The Hall–Kier alpha value is -3.12. The summed E-state index contributed by atoms with van der Waals surface area (Å²) in [7, 11) is 0. The van der Waals surface area contributed by atoms with E-state index in [1.807, 2.05) is 72.2 Å². The van der Waals surface area contributed by atoms with Gasteiger partial charge >= 0.3 is 0 Å². The van der Waals surface area contributed by atoms with E-state index in [4.69, 9.17) is 0 Å².